The molecule has 28 heavy (non-hydrogen) atoms. The van der Waals surface area contributed by atoms with Gasteiger partial charge in [0.2, 0.25) is 0 Å². The van der Waals surface area contributed by atoms with E-state index in [4.69, 9.17) is 21.1 Å². The molecule has 5 nitrogen and oxygen atoms in total. The molecule has 3 aromatic rings. The molecule has 0 aliphatic heterocycles. The molecule has 0 fully saturated rings. The number of hydrogen-bond acceptors (Lipinski definition) is 4. The Balaban J connectivity index is 2.11. The fourth-order valence-corrected chi connectivity index (χ4v) is 4.49. The summed E-state index contributed by atoms with van der Waals surface area (Å²) in [5.74, 6) is 1.04. The maximum atomic E-state index is 13.5. The molecule has 0 amide bonds. The number of rotatable bonds is 7. The SMILES string of the molecule is COc1ccc(S(=O)(=O)N(Cc2cccc(Cl)c2)c2ccccc2OC)cc1. The van der Waals surface area contributed by atoms with Crippen LogP contribution in [0.15, 0.2) is 77.7 Å². The van der Waals surface area contributed by atoms with Gasteiger partial charge in [0, 0.05) is 5.02 Å². The highest BCUT2D eigenvalue weighted by molar-refractivity contribution is 7.92. The summed E-state index contributed by atoms with van der Waals surface area (Å²) < 4.78 is 38.8. The molecule has 0 atom stereocenters. The van der Waals surface area contributed by atoms with Crippen molar-refractivity contribution in [3.8, 4) is 11.5 Å². The molecular weight excluding hydrogens is 398 g/mol. The molecule has 3 rings (SSSR count). The van der Waals surface area contributed by atoms with Crippen molar-refractivity contribution >= 4 is 27.3 Å². The van der Waals surface area contributed by atoms with E-state index in [9.17, 15) is 8.42 Å². The lowest BCUT2D eigenvalue weighted by Gasteiger charge is -2.26. The third kappa shape index (κ3) is 4.24. The predicted molar refractivity (Wildman–Crippen MR) is 111 cm³/mol. The lowest BCUT2D eigenvalue weighted by molar-refractivity contribution is 0.414. The van der Waals surface area contributed by atoms with Crippen LogP contribution in [0.25, 0.3) is 0 Å². The normalized spacial score (nSPS) is 11.1. The van der Waals surface area contributed by atoms with Crippen LogP contribution in [0.4, 0.5) is 5.69 Å². The Morgan fingerprint density at radius 3 is 2.25 bits per heavy atom. The summed E-state index contributed by atoms with van der Waals surface area (Å²) in [6, 6.07) is 20.4. The summed E-state index contributed by atoms with van der Waals surface area (Å²) in [5, 5.41) is 0.541. The van der Waals surface area contributed by atoms with Crippen LogP contribution in [0.5, 0.6) is 11.5 Å². The Morgan fingerprint density at radius 1 is 0.893 bits per heavy atom. The van der Waals surface area contributed by atoms with Gasteiger partial charge in [-0.25, -0.2) is 8.42 Å². The Morgan fingerprint density at radius 2 is 1.61 bits per heavy atom. The minimum Gasteiger partial charge on any atom is -0.497 e. The van der Waals surface area contributed by atoms with Crippen molar-refractivity contribution in [2.75, 3.05) is 18.5 Å². The number of hydrogen-bond donors (Lipinski definition) is 0. The van der Waals surface area contributed by atoms with Crippen LogP contribution in [0, 0.1) is 0 Å². The van der Waals surface area contributed by atoms with Crippen LogP contribution < -0.4 is 13.8 Å². The Labute approximate surface area is 170 Å². The molecular formula is C21H20ClNO4S. The number of nitrogens with zero attached hydrogens (tertiary/aromatic N) is 1. The second-order valence-corrected chi connectivity index (χ2v) is 8.29. The van der Waals surface area contributed by atoms with E-state index in [-0.39, 0.29) is 11.4 Å². The first kappa shape index (κ1) is 20.0. The van der Waals surface area contributed by atoms with Crippen LogP contribution in [0.2, 0.25) is 5.02 Å². The van der Waals surface area contributed by atoms with E-state index >= 15 is 0 Å². The Kier molecular flexibility index (Phi) is 6.11. The quantitative estimate of drug-likeness (QED) is 0.556. The van der Waals surface area contributed by atoms with Gasteiger partial charge in [0.1, 0.15) is 11.5 Å². The van der Waals surface area contributed by atoms with Crippen molar-refractivity contribution in [2.24, 2.45) is 0 Å². The maximum absolute atomic E-state index is 13.5. The van der Waals surface area contributed by atoms with Gasteiger partial charge in [0.25, 0.3) is 10.0 Å². The molecule has 0 N–H and O–H groups in total. The smallest absolute Gasteiger partial charge is 0.264 e. The van der Waals surface area contributed by atoms with Crippen molar-refractivity contribution in [1.29, 1.82) is 0 Å². The number of methoxy groups -OCH3 is 2. The highest BCUT2D eigenvalue weighted by atomic mass is 35.5. The minimum absolute atomic E-state index is 0.106. The van der Waals surface area contributed by atoms with E-state index in [1.165, 1.54) is 30.7 Å². The average Bonchev–Trinajstić information content (AvgIpc) is 2.72. The molecule has 0 radical (unpaired) electrons. The summed E-state index contributed by atoms with van der Waals surface area (Å²) in [5.41, 5.74) is 1.20. The van der Waals surface area contributed by atoms with Crippen molar-refractivity contribution in [1.82, 2.24) is 0 Å². The molecule has 0 aromatic heterocycles. The largest absolute Gasteiger partial charge is 0.497 e. The van der Waals surface area contributed by atoms with Crippen molar-refractivity contribution < 1.29 is 17.9 Å². The molecule has 0 unspecified atom stereocenters. The van der Waals surface area contributed by atoms with Gasteiger partial charge in [-0.3, -0.25) is 4.31 Å². The summed E-state index contributed by atoms with van der Waals surface area (Å²) >= 11 is 6.09. The number of ether oxygens (including phenoxy) is 2. The van der Waals surface area contributed by atoms with Crippen molar-refractivity contribution in [3.63, 3.8) is 0 Å². The van der Waals surface area contributed by atoms with E-state index < -0.39 is 10.0 Å². The lowest BCUT2D eigenvalue weighted by atomic mass is 10.2. The van der Waals surface area contributed by atoms with Gasteiger partial charge in [-0.05, 0) is 54.1 Å². The Hall–Kier alpha value is -2.70. The summed E-state index contributed by atoms with van der Waals surface area (Å²) in [6.45, 7) is 0.106. The second kappa shape index (κ2) is 8.54. The third-order valence-electron chi connectivity index (χ3n) is 4.22. The van der Waals surface area contributed by atoms with Gasteiger partial charge in [0.15, 0.2) is 0 Å². The fourth-order valence-electron chi connectivity index (χ4n) is 2.81. The molecule has 7 heteroatoms. The predicted octanol–water partition coefficient (Wildman–Crippen LogP) is 4.75. The van der Waals surface area contributed by atoms with E-state index in [0.29, 0.717) is 22.2 Å². The van der Waals surface area contributed by atoms with Gasteiger partial charge in [0.05, 0.1) is 31.3 Å². The number of sulfonamides is 1. The molecule has 0 saturated carbocycles. The third-order valence-corrected chi connectivity index (χ3v) is 6.23. The van der Waals surface area contributed by atoms with Gasteiger partial charge >= 0.3 is 0 Å². The molecule has 0 aliphatic carbocycles. The molecule has 146 valence electrons. The van der Waals surface area contributed by atoms with Gasteiger partial charge in [-0.15, -0.1) is 0 Å². The number of halogens is 1. The highest BCUT2D eigenvalue weighted by Gasteiger charge is 2.27. The summed E-state index contributed by atoms with van der Waals surface area (Å²) in [4.78, 5) is 0.154. The van der Waals surface area contributed by atoms with Crippen LogP contribution in [0.3, 0.4) is 0 Å². The number of anilines is 1. The summed E-state index contributed by atoms with van der Waals surface area (Å²) in [6.07, 6.45) is 0. The zero-order valence-corrected chi connectivity index (χ0v) is 17.1. The molecule has 0 bridgehead atoms. The lowest BCUT2D eigenvalue weighted by Crippen LogP contribution is -2.31. The monoisotopic (exact) mass is 417 g/mol. The van der Waals surface area contributed by atoms with Crippen LogP contribution in [-0.2, 0) is 16.6 Å². The maximum Gasteiger partial charge on any atom is 0.264 e. The van der Waals surface area contributed by atoms with E-state index in [2.05, 4.69) is 0 Å². The van der Waals surface area contributed by atoms with Crippen LogP contribution >= 0.6 is 11.6 Å². The van der Waals surface area contributed by atoms with E-state index in [0.717, 1.165) is 5.56 Å². The van der Waals surface area contributed by atoms with Crippen LogP contribution in [0.1, 0.15) is 5.56 Å². The first-order valence-corrected chi connectivity index (χ1v) is 10.3. The molecule has 0 aliphatic rings. The topological polar surface area (TPSA) is 55.8 Å². The van der Waals surface area contributed by atoms with E-state index in [1.54, 1.807) is 54.6 Å². The first-order chi connectivity index (χ1) is 13.5. The van der Waals surface area contributed by atoms with E-state index in [1.807, 2.05) is 6.07 Å². The standard InChI is InChI=1S/C21H20ClNO4S/c1-26-18-10-12-19(13-11-18)28(24,25)23(15-16-6-5-7-17(22)14-16)20-8-3-4-9-21(20)27-2/h3-14H,15H2,1-2H3. The van der Waals surface area contributed by atoms with Crippen molar-refractivity contribution in [2.45, 2.75) is 11.4 Å². The molecule has 0 heterocycles. The average molecular weight is 418 g/mol. The molecule has 0 saturated heterocycles. The Bertz CT molecular complexity index is 1050. The second-order valence-electron chi connectivity index (χ2n) is 5.99. The minimum atomic E-state index is -3.87. The molecule has 3 aromatic carbocycles. The van der Waals surface area contributed by atoms with Crippen LogP contribution in [-0.4, -0.2) is 22.6 Å². The number of benzene rings is 3. The van der Waals surface area contributed by atoms with Crippen molar-refractivity contribution in [3.05, 3.63) is 83.4 Å². The highest BCUT2D eigenvalue weighted by Crippen LogP contribution is 2.34. The summed E-state index contributed by atoms with van der Waals surface area (Å²) in [7, 11) is -0.826. The first-order valence-electron chi connectivity index (χ1n) is 8.50. The van der Waals surface area contributed by atoms with Gasteiger partial charge in [-0.1, -0.05) is 35.9 Å². The fraction of sp³-hybridized carbons (Fsp3) is 0.143. The zero-order valence-electron chi connectivity index (χ0n) is 15.5. The van der Waals surface area contributed by atoms with Gasteiger partial charge in [-0.2, -0.15) is 0 Å². The number of para-hydroxylation sites is 2. The van der Waals surface area contributed by atoms with Gasteiger partial charge < -0.3 is 9.47 Å². The molecule has 0 spiro atoms. The zero-order chi connectivity index (χ0) is 20.1.